The standard InChI is InChI=1S/C8H7N5S/c9-6-3-11-5-8(13-6)14-7-4-10-1-2-12-7/h1-5H,(H2,9,13). The summed E-state index contributed by atoms with van der Waals surface area (Å²) in [5.41, 5.74) is 5.49. The van der Waals surface area contributed by atoms with Crippen molar-refractivity contribution in [3.05, 3.63) is 31.0 Å². The SMILES string of the molecule is Nc1cncc(Sc2cnccn2)n1. The van der Waals surface area contributed by atoms with Crippen LogP contribution in [0.4, 0.5) is 5.82 Å². The molecule has 2 heterocycles. The van der Waals surface area contributed by atoms with E-state index in [1.807, 2.05) is 0 Å². The highest BCUT2D eigenvalue weighted by Gasteiger charge is 2.00. The lowest BCUT2D eigenvalue weighted by Gasteiger charge is -1.98. The molecule has 0 radical (unpaired) electrons. The minimum Gasteiger partial charge on any atom is -0.382 e. The molecule has 0 spiro atoms. The molecule has 0 saturated heterocycles. The average molecular weight is 205 g/mol. The summed E-state index contributed by atoms with van der Waals surface area (Å²) < 4.78 is 0. The first-order chi connectivity index (χ1) is 6.84. The molecule has 0 bridgehead atoms. The molecule has 2 aromatic rings. The molecule has 0 fully saturated rings. The van der Waals surface area contributed by atoms with Crippen molar-refractivity contribution in [3.63, 3.8) is 0 Å². The highest BCUT2D eigenvalue weighted by Crippen LogP contribution is 2.22. The van der Waals surface area contributed by atoms with Crippen LogP contribution in [0.1, 0.15) is 0 Å². The molecule has 0 aliphatic heterocycles. The summed E-state index contributed by atoms with van der Waals surface area (Å²) in [4.78, 5) is 16.0. The van der Waals surface area contributed by atoms with Crippen molar-refractivity contribution in [2.75, 3.05) is 5.73 Å². The van der Waals surface area contributed by atoms with Crippen LogP contribution >= 0.6 is 11.8 Å². The molecule has 2 aromatic heterocycles. The van der Waals surface area contributed by atoms with Crippen LogP contribution in [0.3, 0.4) is 0 Å². The van der Waals surface area contributed by atoms with Crippen molar-refractivity contribution in [1.29, 1.82) is 0 Å². The van der Waals surface area contributed by atoms with Gasteiger partial charge in [0.05, 0.1) is 18.6 Å². The zero-order valence-corrected chi connectivity index (χ0v) is 7.98. The highest BCUT2D eigenvalue weighted by molar-refractivity contribution is 7.99. The topological polar surface area (TPSA) is 77.6 Å². The number of nitrogen functional groups attached to an aromatic ring is 1. The van der Waals surface area contributed by atoms with Gasteiger partial charge in [-0.2, -0.15) is 0 Å². The second-order valence-corrected chi connectivity index (χ2v) is 3.47. The van der Waals surface area contributed by atoms with E-state index in [4.69, 9.17) is 5.73 Å². The summed E-state index contributed by atoms with van der Waals surface area (Å²) in [5, 5.41) is 1.48. The molecular formula is C8H7N5S. The molecule has 0 aliphatic rings. The molecule has 0 aromatic carbocycles. The largest absolute Gasteiger partial charge is 0.382 e. The lowest BCUT2D eigenvalue weighted by Crippen LogP contribution is -1.92. The van der Waals surface area contributed by atoms with Gasteiger partial charge in [0.25, 0.3) is 0 Å². The Morgan fingerprint density at radius 2 is 1.86 bits per heavy atom. The zero-order chi connectivity index (χ0) is 9.80. The molecule has 2 rings (SSSR count). The molecule has 0 unspecified atom stereocenters. The Bertz CT molecular complexity index is 419. The van der Waals surface area contributed by atoms with Crippen molar-refractivity contribution in [2.24, 2.45) is 0 Å². The lowest BCUT2D eigenvalue weighted by atomic mass is 10.7. The first-order valence-corrected chi connectivity index (χ1v) is 4.67. The number of hydrogen-bond acceptors (Lipinski definition) is 6. The number of anilines is 1. The van der Waals surface area contributed by atoms with Gasteiger partial charge in [-0.05, 0) is 11.8 Å². The monoisotopic (exact) mass is 205 g/mol. The Hall–Kier alpha value is -1.69. The maximum atomic E-state index is 5.49. The summed E-state index contributed by atoms with van der Waals surface area (Å²) >= 11 is 1.37. The molecule has 0 amide bonds. The zero-order valence-electron chi connectivity index (χ0n) is 7.16. The summed E-state index contributed by atoms with van der Waals surface area (Å²) in [6, 6.07) is 0. The highest BCUT2D eigenvalue weighted by atomic mass is 32.2. The van der Waals surface area contributed by atoms with Crippen molar-refractivity contribution in [1.82, 2.24) is 19.9 Å². The van der Waals surface area contributed by atoms with Gasteiger partial charge in [0, 0.05) is 12.4 Å². The van der Waals surface area contributed by atoms with E-state index in [9.17, 15) is 0 Å². The van der Waals surface area contributed by atoms with Gasteiger partial charge in [-0.15, -0.1) is 0 Å². The molecule has 70 valence electrons. The number of rotatable bonds is 2. The summed E-state index contributed by atoms with van der Waals surface area (Å²) in [5.74, 6) is 0.402. The van der Waals surface area contributed by atoms with Gasteiger partial charge in [-0.1, -0.05) is 0 Å². The fourth-order valence-electron chi connectivity index (χ4n) is 0.857. The average Bonchev–Trinajstić information content (AvgIpc) is 2.19. The molecule has 2 N–H and O–H groups in total. The van der Waals surface area contributed by atoms with E-state index < -0.39 is 0 Å². The Labute approximate surface area is 84.8 Å². The van der Waals surface area contributed by atoms with E-state index in [0.717, 1.165) is 5.03 Å². The van der Waals surface area contributed by atoms with E-state index in [1.165, 1.54) is 18.0 Å². The van der Waals surface area contributed by atoms with E-state index >= 15 is 0 Å². The normalized spacial score (nSPS) is 10.0. The Morgan fingerprint density at radius 3 is 2.57 bits per heavy atom. The second kappa shape index (κ2) is 4.01. The van der Waals surface area contributed by atoms with Gasteiger partial charge in [0.15, 0.2) is 0 Å². The smallest absolute Gasteiger partial charge is 0.143 e. The number of nitrogens with two attached hydrogens (primary N) is 1. The molecular weight excluding hydrogens is 198 g/mol. The van der Waals surface area contributed by atoms with Crippen LogP contribution in [0.25, 0.3) is 0 Å². The fraction of sp³-hybridized carbons (Fsp3) is 0. The third-order valence-electron chi connectivity index (χ3n) is 1.38. The predicted octanol–water partition coefficient (Wildman–Crippen LogP) is 1.00. The maximum Gasteiger partial charge on any atom is 0.143 e. The Morgan fingerprint density at radius 1 is 1.00 bits per heavy atom. The van der Waals surface area contributed by atoms with E-state index in [-0.39, 0.29) is 0 Å². The quantitative estimate of drug-likeness (QED) is 0.788. The molecule has 5 nitrogen and oxygen atoms in total. The van der Waals surface area contributed by atoms with Gasteiger partial charge < -0.3 is 5.73 Å². The van der Waals surface area contributed by atoms with Crippen LogP contribution in [-0.2, 0) is 0 Å². The van der Waals surface area contributed by atoms with Crippen LogP contribution in [0.5, 0.6) is 0 Å². The van der Waals surface area contributed by atoms with Crippen molar-refractivity contribution in [3.8, 4) is 0 Å². The van der Waals surface area contributed by atoms with Crippen LogP contribution in [0, 0.1) is 0 Å². The summed E-state index contributed by atoms with van der Waals surface area (Å²) in [7, 11) is 0. The minimum absolute atomic E-state index is 0.402. The van der Waals surface area contributed by atoms with Crippen LogP contribution in [0.2, 0.25) is 0 Å². The molecule has 14 heavy (non-hydrogen) atoms. The first-order valence-electron chi connectivity index (χ1n) is 3.86. The second-order valence-electron chi connectivity index (χ2n) is 2.43. The van der Waals surface area contributed by atoms with Crippen molar-refractivity contribution >= 4 is 17.6 Å². The molecule has 0 aliphatic carbocycles. The predicted molar refractivity (Wildman–Crippen MR) is 52.6 cm³/mol. The van der Waals surface area contributed by atoms with E-state index in [0.29, 0.717) is 10.8 Å². The number of nitrogens with zero attached hydrogens (tertiary/aromatic N) is 4. The molecule has 0 atom stereocenters. The van der Waals surface area contributed by atoms with Crippen molar-refractivity contribution in [2.45, 2.75) is 10.1 Å². The maximum absolute atomic E-state index is 5.49. The Balaban J connectivity index is 2.19. The van der Waals surface area contributed by atoms with E-state index in [1.54, 1.807) is 24.8 Å². The van der Waals surface area contributed by atoms with E-state index in [2.05, 4.69) is 19.9 Å². The van der Waals surface area contributed by atoms with Gasteiger partial charge in [0.1, 0.15) is 15.9 Å². The first kappa shape index (κ1) is 8.89. The number of aromatic nitrogens is 4. The summed E-state index contributed by atoms with van der Waals surface area (Å²) in [6.07, 6.45) is 8.04. The third kappa shape index (κ3) is 2.17. The van der Waals surface area contributed by atoms with Gasteiger partial charge in [0.2, 0.25) is 0 Å². The third-order valence-corrected chi connectivity index (χ3v) is 2.21. The van der Waals surface area contributed by atoms with Crippen molar-refractivity contribution < 1.29 is 0 Å². The number of hydrogen-bond donors (Lipinski definition) is 1. The lowest BCUT2D eigenvalue weighted by molar-refractivity contribution is 1.03. The summed E-state index contributed by atoms with van der Waals surface area (Å²) in [6.45, 7) is 0. The fourth-order valence-corrected chi connectivity index (χ4v) is 1.56. The molecule has 6 heteroatoms. The van der Waals surface area contributed by atoms with Gasteiger partial charge >= 0.3 is 0 Å². The molecule has 0 saturated carbocycles. The van der Waals surface area contributed by atoms with Crippen LogP contribution < -0.4 is 5.73 Å². The van der Waals surface area contributed by atoms with Crippen LogP contribution in [-0.4, -0.2) is 19.9 Å². The van der Waals surface area contributed by atoms with Gasteiger partial charge in [-0.3, -0.25) is 9.97 Å². The minimum atomic E-state index is 0.402. The van der Waals surface area contributed by atoms with Crippen LogP contribution in [0.15, 0.2) is 41.0 Å². The Kier molecular flexibility index (Phi) is 2.55. The van der Waals surface area contributed by atoms with Gasteiger partial charge in [-0.25, -0.2) is 9.97 Å².